The lowest BCUT2D eigenvalue weighted by Gasteiger charge is -2.09. The molecule has 2 rings (SSSR count). The average molecular weight is 326 g/mol. The van der Waals surface area contributed by atoms with Crippen LogP contribution < -0.4 is 15.4 Å². The predicted molar refractivity (Wildman–Crippen MR) is 97.0 cm³/mol. The highest BCUT2D eigenvalue weighted by Gasteiger charge is 1.98. The monoisotopic (exact) mass is 326 g/mol. The van der Waals surface area contributed by atoms with Gasteiger partial charge in [0.1, 0.15) is 12.4 Å². The van der Waals surface area contributed by atoms with Gasteiger partial charge in [-0.3, -0.25) is 4.79 Å². The van der Waals surface area contributed by atoms with Crippen molar-refractivity contribution in [2.75, 3.05) is 13.1 Å². The number of hydrogen-bond donors (Lipinski definition) is 2. The highest BCUT2D eigenvalue weighted by Crippen LogP contribution is 2.14. The first-order chi connectivity index (χ1) is 11.6. The average Bonchev–Trinajstić information content (AvgIpc) is 2.58. The number of ether oxygens (including phenoxy) is 1. The van der Waals surface area contributed by atoms with Crippen LogP contribution in [0.2, 0.25) is 0 Å². The number of aryl methyl sites for hydroxylation is 1. The third kappa shape index (κ3) is 6.84. The van der Waals surface area contributed by atoms with Crippen molar-refractivity contribution >= 4 is 5.91 Å². The summed E-state index contributed by atoms with van der Waals surface area (Å²) in [6.45, 7) is 6.62. The van der Waals surface area contributed by atoms with Crippen molar-refractivity contribution in [1.29, 1.82) is 0 Å². The molecule has 0 radical (unpaired) electrons. The molecule has 0 heterocycles. The van der Waals surface area contributed by atoms with Gasteiger partial charge < -0.3 is 15.4 Å². The van der Waals surface area contributed by atoms with Crippen molar-refractivity contribution in [3.63, 3.8) is 0 Å². The van der Waals surface area contributed by atoms with E-state index in [0.717, 1.165) is 25.3 Å². The summed E-state index contributed by atoms with van der Waals surface area (Å²) in [7, 11) is 0. The topological polar surface area (TPSA) is 50.4 Å². The number of hydrogen-bond acceptors (Lipinski definition) is 3. The van der Waals surface area contributed by atoms with Crippen LogP contribution in [-0.4, -0.2) is 19.0 Å². The summed E-state index contributed by atoms with van der Waals surface area (Å²) in [5.41, 5.74) is 3.65. The Balaban J connectivity index is 1.67. The molecule has 4 nitrogen and oxygen atoms in total. The zero-order valence-electron chi connectivity index (χ0n) is 14.5. The number of rotatable bonds is 9. The van der Waals surface area contributed by atoms with E-state index in [9.17, 15) is 4.79 Å². The van der Waals surface area contributed by atoms with Crippen molar-refractivity contribution in [1.82, 2.24) is 10.6 Å². The van der Waals surface area contributed by atoms with Gasteiger partial charge in [-0.05, 0) is 43.1 Å². The van der Waals surface area contributed by atoms with E-state index in [4.69, 9.17) is 4.74 Å². The predicted octanol–water partition coefficient (Wildman–Crippen LogP) is 3.19. The van der Waals surface area contributed by atoms with Crippen LogP contribution in [0.3, 0.4) is 0 Å². The smallest absolute Gasteiger partial charge is 0.216 e. The van der Waals surface area contributed by atoms with Gasteiger partial charge in [-0.2, -0.15) is 0 Å². The first kappa shape index (κ1) is 18.0. The van der Waals surface area contributed by atoms with Crippen molar-refractivity contribution < 1.29 is 9.53 Å². The van der Waals surface area contributed by atoms with Crippen molar-refractivity contribution in [2.45, 2.75) is 33.4 Å². The Labute approximate surface area is 144 Å². The maximum absolute atomic E-state index is 10.7. The van der Waals surface area contributed by atoms with E-state index in [-0.39, 0.29) is 5.91 Å². The SMILES string of the molecule is CC(=O)NCCCNCc1ccc(OCc2ccc(C)cc2)cc1. The normalized spacial score (nSPS) is 10.4. The van der Waals surface area contributed by atoms with Crippen LogP contribution in [0, 0.1) is 6.92 Å². The Morgan fingerprint density at radius 1 is 0.958 bits per heavy atom. The Morgan fingerprint density at radius 3 is 2.29 bits per heavy atom. The molecule has 2 aromatic rings. The van der Waals surface area contributed by atoms with Gasteiger partial charge in [0.25, 0.3) is 0 Å². The summed E-state index contributed by atoms with van der Waals surface area (Å²) < 4.78 is 5.81. The third-order valence-electron chi connectivity index (χ3n) is 3.68. The lowest BCUT2D eigenvalue weighted by Crippen LogP contribution is -2.24. The van der Waals surface area contributed by atoms with Crippen LogP contribution in [0.25, 0.3) is 0 Å². The molecule has 0 aliphatic heterocycles. The zero-order valence-corrected chi connectivity index (χ0v) is 14.5. The minimum atomic E-state index is 0.0243. The lowest BCUT2D eigenvalue weighted by atomic mass is 10.2. The second kappa shape index (κ2) is 9.73. The van der Waals surface area contributed by atoms with Crippen LogP contribution in [0.1, 0.15) is 30.0 Å². The Hall–Kier alpha value is -2.33. The van der Waals surface area contributed by atoms with E-state index < -0.39 is 0 Å². The fourth-order valence-corrected chi connectivity index (χ4v) is 2.27. The molecule has 4 heteroatoms. The van der Waals surface area contributed by atoms with Gasteiger partial charge in [-0.25, -0.2) is 0 Å². The summed E-state index contributed by atoms with van der Waals surface area (Å²) >= 11 is 0. The molecule has 0 aromatic heterocycles. The van der Waals surface area contributed by atoms with Crippen LogP contribution in [0.4, 0.5) is 0 Å². The zero-order chi connectivity index (χ0) is 17.2. The minimum absolute atomic E-state index is 0.0243. The Morgan fingerprint density at radius 2 is 1.62 bits per heavy atom. The van der Waals surface area contributed by atoms with Gasteiger partial charge >= 0.3 is 0 Å². The molecule has 0 aliphatic rings. The highest BCUT2D eigenvalue weighted by molar-refractivity contribution is 5.72. The molecule has 0 bridgehead atoms. The maximum Gasteiger partial charge on any atom is 0.216 e. The van der Waals surface area contributed by atoms with E-state index in [1.54, 1.807) is 0 Å². The van der Waals surface area contributed by atoms with Gasteiger partial charge in [0, 0.05) is 20.0 Å². The van der Waals surface area contributed by atoms with Crippen LogP contribution in [0.15, 0.2) is 48.5 Å². The number of carbonyl (C=O) groups excluding carboxylic acids is 1. The molecule has 0 saturated carbocycles. The van der Waals surface area contributed by atoms with Crippen molar-refractivity contribution in [3.05, 3.63) is 65.2 Å². The number of carbonyl (C=O) groups is 1. The van der Waals surface area contributed by atoms with Crippen LogP contribution in [-0.2, 0) is 17.9 Å². The number of benzene rings is 2. The third-order valence-corrected chi connectivity index (χ3v) is 3.68. The molecule has 0 aliphatic carbocycles. The lowest BCUT2D eigenvalue weighted by molar-refractivity contribution is -0.118. The van der Waals surface area contributed by atoms with Gasteiger partial charge in [0.2, 0.25) is 5.91 Å². The maximum atomic E-state index is 10.7. The molecule has 0 spiro atoms. The van der Waals surface area contributed by atoms with E-state index >= 15 is 0 Å². The van der Waals surface area contributed by atoms with E-state index in [0.29, 0.717) is 13.2 Å². The molecule has 2 N–H and O–H groups in total. The van der Waals surface area contributed by atoms with Gasteiger partial charge in [0.15, 0.2) is 0 Å². The largest absolute Gasteiger partial charge is 0.489 e. The number of amides is 1. The molecule has 24 heavy (non-hydrogen) atoms. The van der Waals surface area contributed by atoms with Gasteiger partial charge in [0.05, 0.1) is 0 Å². The van der Waals surface area contributed by atoms with E-state index in [2.05, 4.69) is 54.0 Å². The standard InChI is InChI=1S/C20H26N2O2/c1-16-4-6-19(7-5-16)15-24-20-10-8-18(9-11-20)14-21-12-3-13-22-17(2)23/h4-11,21H,3,12-15H2,1-2H3,(H,22,23). The molecule has 1 amide bonds. The van der Waals surface area contributed by atoms with Gasteiger partial charge in [-0.1, -0.05) is 42.0 Å². The Kier molecular flexibility index (Phi) is 7.30. The van der Waals surface area contributed by atoms with E-state index in [1.807, 2.05) is 12.1 Å². The second-order valence-electron chi connectivity index (χ2n) is 5.93. The molecular weight excluding hydrogens is 300 g/mol. The first-order valence-corrected chi connectivity index (χ1v) is 8.36. The fourth-order valence-electron chi connectivity index (χ4n) is 2.27. The van der Waals surface area contributed by atoms with Crippen LogP contribution >= 0.6 is 0 Å². The molecule has 0 saturated heterocycles. The second-order valence-corrected chi connectivity index (χ2v) is 5.93. The quantitative estimate of drug-likeness (QED) is 0.696. The summed E-state index contributed by atoms with van der Waals surface area (Å²) in [4.78, 5) is 10.7. The Bertz CT molecular complexity index is 621. The molecule has 0 unspecified atom stereocenters. The molecular formula is C20H26N2O2. The summed E-state index contributed by atoms with van der Waals surface area (Å²) in [6.07, 6.45) is 0.928. The summed E-state index contributed by atoms with van der Waals surface area (Å²) in [5.74, 6) is 0.904. The first-order valence-electron chi connectivity index (χ1n) is 8.36. The molecule has 2 aromatic carbocycles. The van der Waals surface area contributed by atoms with Gasteiger partial charge in [-0.15, -0.1) is 0 Å². The summed E-state index contributed by atoms with van der Waals surface area (Å²) in [6, 6.07) is 16.5. The molecule has 128 valence electrons. The minimum Gasteiger partial charge on any atom is -0.489 e. The summed E-state index contributed by atoms with van der Waals surface area (Å²) in [5, 5.41) is 6.15. The van der Waals surface area contributed by atoms with Crippen molar-refractivity contribution in [3.8, 4) is 5.75 Å². The highest BCUT2D eigenvalue weighted by atomic mass is 16.5. The number of nitrogens with one attached hydrogen (secondary N) is 2. The molecule has 0 atom stereocenters. The van der Waals surface area contributed by atoms with Crippen molar-refractivity contribution in [2.24, 2.45) is 0 Å². The fraction of sp³-hybridized carbons (Fsp3) is 0.350. The van der Waals surface area contributed by atoms with Crippen LogP contribution in [0.5, 0.6) is 5.75 Å². The van der Waals surface area contributed by atoms with E-state index in [1.165, 1.54) is 23.6 Å². The molecule has 0 fully saturated rings.